The first-order valence-electron chi connectivity index (χ1n) is 5.14. The number of halogens is 1. The third kappa shape index (κ3) is 3.11. The van der Waals surface area contributed by atoms with Crippen LogP contribution >= 0.6 is 0 Å². The van der Waals surface area contributed by atoms with Crippen LogP contribution in [0, 0.1) is 11.7 Å². The number of anilines is 1. The van der Waals surface area contributed by atoms with Crippen LogP contribution in [0.4, 0.5) is 10.1 Å². The van der Waals surface area contributed by atoms with Crippen LogP contribution < -0.4 is 10.1 Å². The van der Waals surface area contributed by atoms with Gasteiger partial charge in [-0.1, -0.05) is 13.8 Å². The van der Waals surface area contributed by atoms with Crippen LogP contribution in [0.3, 0.4) is 0 Å². The first-order valence-corrected chi connectivity index (χ1v) is 5.14. The summed E-state index contributed by atoms with van der Waals surface area (Å²) in [6, 6.07) is 5.15. The zero-order chi connectivity index (χ0) is 11.4. The van der Waals surface area contributed by atoms with Gasteiger partial charge in [0.05, 0.1) is 7.11 Å². The molecule has 0 saturated heterocycles. The van der Waals surface area contributed by atoms with E-state index in [1.165, 1.54) is 13.2 Å². The minimum absolute atomic E-state index is 0.274. The van der Waals surface area contributed by atoms with E-state index >= 15 is 0 Å². The van der Waals surface area contributed by atoms with Crippen molar-refractivity contribution in [2.75, 3.05) is 12.4 Å². The fourth-order valence-electron chi connectivity index (χ4n) is 1.18. The molecule has 0 aliphatic heterocycles. The zero-order valence-electron chi connectivity index (χ0n) is 9.67. The van der Waals surface area contributed by atoms with Crippen molar-refractivity contribution in [3.05, 3.63) is 24.0 Å². The van der Waals surface area contributed by atoms with Gasteiger partial charge in [-0.3, -0.25) is 0 Å². The molecule has 0 spiro atoms. The van der Waals surface area contributed by atoms with Crippen LogP contribution in [0.5, 0.6) is 5.75 Å². The lowest BCUT2D eigenvalue weighted by atomic mass is 10.1. The predicted octanol–water partition coefficient (Wildman–Crippen LogP) is 3.29. The van der Waals surface area contributed by atoms with Crippen molar-refractivity contribution >= 4 is 5.69 Å². The van der Waals surface area contributed by atoms with Crippen molar-refractivity contribution in [1.82, 2.24) is 0 Å². The summed E-state index contributed by atoms with van der Waals surface area (Å²) < 4.78 is 18.0. The van der Waals surface area contributed by atoms with E-state index in [0.717, 1.165) is 5.69 Å². The van der Waals surface area contributed by atoms with Crippen molar-refractivity contribution in [2.24, 2.45) is 5.92 Å². The van der Waals surface area contributed by atoms with Crippen molar-refractivity contribution in [3.8, 4) is 5.75 Å². The number of methoxy groups -OCH3 is 1. The average Bonchev–Trinajstić information content (AvgIpc) is 2.20. The maximum Gasteiger partial charge on any atom is 0.165 e. The standard InChI is InChI=1S/C12H18FNO/c1-8(2)9(3)14-10-5-6-11(13)12(7-10)15-4/h5-9,14H,1-4H3. The van der Waals surface area contributed by atoms with E-state index in [-0.39, 0.29) is 11.6 Å². The Balaban J connectivity index is 2.78. The first kappa shape index (κ1) is 11.8. The number of rotatable bonds is 4. The first-order chi connectivity index (χ1) is 7.04. The number of hydrogen-bond donors (Lipinski definition) is 1. The van der Waals surface area contributed by atoms with Gasteiger partial charge in [0, 0.05) is 17.8 Å². The van der Waals surface area contributed by atoms with Crippen molar-refractivity contribution in [1.29, 1.82) is 0 Å². The molecule has 3 heteroatoms. The molecule has 0 amide bonds. The van der Waals surface area contributed by atoms with E-state index in [2.05, 4.69) is 26.1 Å². The van der Waals surface area contributed by atoms with Crippen LogP contribution in [-0.2, 0) is 0 Å². The summed E-state index contributed by atoms with van der Waals surface area (Å²) in [7, 11) is 1.47. The number of ether oxygens (including phenoxy) is 1. The monoisotopic (exact) mass is 211 g/mol. The highest BCUT2D eigenvalue weighted by atomic mass is 19.1. The molecular weight excluding hydrogens is 193 g/mol. The second kappa shape index (κ2) is 5.01. The molecule has 0 saturated carbocycles. The maximum atomic E-state index is 13.1. The Labute approximate surface area is 90.4 Å². The Morgan fingerprint density at radius 1 is 1.27 bits per heavy atom. The Morgan fingerprint density at radius 3 is 2.47 bits per heavy atom. The normalized spacial score (nSPS) is 12.7. The summed E-state index contributed by atoms with van der Waals surface area (Å²) in [5.74, 6) is 0.470. The molecule has 2 nitrogen and oxygen atoms in total. The lowest BCUT2D eigenvalue weighted by Crippen LogP contribution is -2.21. The number of nitrogens with one attached hydrogen (secondary N) is 1. The topological polar surface area (TPSA) is 21.3 Å². The summed E-state index contributed by atoms with van der Waals surface area (Å²) in [5, 5.41) is 3.30. The van der Waals surface area contributed by atoms with Gasteiger partial charge in [0.1, 0.15) is 0 Å². The van der Waals surface area contributed by atoms with E-state index in [1.807, 2.05) is 0 Å². The van der Waals surface area contributed by atoms with Gasteiger partial charge in [0.25, 0.3) is 0 Å². The molecule has 0 aliphatic carbocycles. The highest BCUT2D eigenvalue weighted by Gasteiger charge is 2.08. The van der Waals surface area contributed by atoms with Crippen LogP contribution in [-0.4, -0.2) is 13.2 Å². The Hall–Kier alpha value is -1.25. The average molecular weight is 211 g/mol. The second-order valence-electron chi connectivity index (χ2n) is 4.03. The van der Waals surface area contributed by atoms with Gasteiger partial charge in [-0.25, -0.2) is 4.39 Å². The molecule has 1 unspecified atom stereocenters. The summed E-state index contributed by atoms with van der Waals surface area (Å²) in [5.41, 5.74) is 0.884. The van der Waals surface area contributed by atoms with Gasteiger partial charge < -0.3 is 10.1 Å². The van der Waals surface area contributed by atoms with E-state index in [1.54, 1.807) is 12.1 Å². The van der Waals surface area contributed by atoms with Crippen LogP contribution in [0.25, 0.3) is 0 Å². The molecule has 1 N–H and O–H groups in total. The minimum Gasteiger partial charge on any atom is -0.494 e. The third-order valence-electron chi connectivity index (χ3n) is 2.55. The number of hydrogen-bond acceptors (Lipinski definition) is 2. The number of benzene rings is 1. The van der Waals surface area contributed by atoms with Crippen molar-refractivity contribution in [3.63, 3.8) is 0 Å². The summed E-state index contributed by atoms with van der Waals surface area (Å²) >= 11 is 0. The molecule has 0 bridgehead atoms. The highest BCUT2D eigenvalue weighted by Crippen LogP contribution is 2.22. The molecule has 1 atom stereocenters. The third-order valence-corrected chi connectivity index (χ3v) is 2.55. The van der Waals surface area contributed by atoms with E-state index in [0.29, 0.717) is 12.0 Å². The molecule has 1 rings (SSSR count). The van der Waals surface area contributed by atoms with Gasteiger partial charge >= 0.3 is 0 Å². The molecule has 0 aliphatic rings. The van der Waals surface area contributed by atoms with Gasteiger partial charge in [-0.15, -0.1) is 0 Å². The lowest BCUT2D eigenvalue weighted by Gasteiger charge is -2.19. The van der Waals surface area contributed by atoms with Crippen molar-refractivity contribution in [2.45, 2.75) is 26.8 Å². The Bertz CT molecular complexity index is 325. The Kier molecular flexibility index (Phi) is 3.95. The van der Waals surface area contributed by atoms with Gasteiger partial charge in [-0.2, -0.15) is 0 Å². The molecule has 1 aromatic carbocycles. The van der Waals surface area contributed by atoms with Crippen LogP contribution in [0.1, 0.15) is 20.8 Å². The fourth-order valence-corrected chi connectivity index (χ4v) is 1.18. The van der Waals surface area contributed by atoms with Crippen LogP contribution in [0.15, 0.2) is 18.2 Å². The SMILES string of the molecule is COc1cc(NC(C)C(C)C)ccc1F. The van der Waals surface area contributed by atoms with Gasteiger partial charge in [0.15, 0.2) is 11.6 Å². The molecule has 0 aromatic heterocycles. The molecule has 0 fully saturated rings. The molecule has 0 radical (unpaired) electrons. The lowest BCUT2D eigenvalue weighted by molar-refractivity contribution is 0.386. The minimum atomic E-state index is -0.333. The molecule has 84 valence electrons. The Morgan fingerprint density at radius 2 is 1.93 bits per heavy atom. The highest BCUT2D eigenvalue weighted by molar-refractivity contribution is 5.49. The summed E-state index contributed by atoms with van der Waals surface area (Å²) in [4.78, 5) is 0. The fraction of sp³-hybridized carbons (Fsp3) is 0.500. The van der Waals surface area contributed by atoms with E-state index < -0.39 is 0 Å². The second-order valence-corrected chi connectivity index (χ2v) is 4.03. The summed E-state index contributed by atoms with van der Waals surface area (Å²) in [6.07, 6.45) is 0. The molecule has 0 heterocycles. The quantitative estimate of drug-likeness (QED) is 0.825. The maximum absolute atomic E-state index is 13.1. The summed E-state index contributed by atoms with van der Waals surface area (Å²) in [6.45, 7) is 6.37. The van der Waals surface area contributed by atoms with Crippen molar-refractivity contribution < 1.29 is 9.13 Å². The largest absolute Gasteiger partial charge is 0.494 e. The van der Waals surface area contributed by atoms with E-state index in [4.69, 9.17) is 4.74 Å². The zero-order valence-corrected chi connectivity index (χ0v) is 9.67. The molecule has 1 aromatic rings. The van der Waals surface area contributed by atoms with E-state index in [9.17, 15) is 4.39 Å². The smallest absolute Gasteiger partial charge is 0.165 e. The van der Waals surface area contributed by atoms with Gasteiger partial charge in [-0.05, 0) is 25.0 Å². The van der Waals surface area contributed by atoms with Gasteiger partial charge in [0.2, 0.25) is 0 Å². The predicted molar refractivity (Wildman–Crippen MR) is 60.9 cm³/mol. The molecule has 15 heavy (non-hydrogen) atoms. The van der Waals surface area contributed by atoms with Crippen LogP contribution in [0.2, 0.25) is 0 Å². The molecular formula is C12H18FNO.